The van der Waals surface area contributed by atoms with Gasteiger partial charge >= 0.3 is 11.7 Å². The summed E-state index contributed by atoms with van der Waals surface area (Å²) in [6, 6.07) is 7.89. The molecule has 0 radical (unpaired) electrons. The number of nitrogens with zero attached hydrogens (tertiary/aromatic N) is 4. The van der Waals surface area contributed by atoms with Gasteiger partial charge in [-0.3, -0.25) is 4.98 Å². The Labute approximate surface area is 174 Å². The standard InChI is InChI=1S/C19H18ClN7O3/c20-12-3-1-10(2-4-12)9-30-19-24-15-11(7-14-16(28)25-18(29)23-14)8-21-27(15)17(26-19)22-13-5-6-13/h1-4,8,13,28H,5-7,9H2,(H,22,24,26)(H2,23,25,29). The van der Waals surface area contributed by atoms with Crippen LogP contribution < -0.4 is 15.7 Å². The molecule has 1 aliphatic carbocycles. The molecule has 1 aromatic carbocycles. The highest BCUT2D eigenvalue weighted by Gasteiger charge is 2.24. The SMILES string of the molecule is O=c1[nH]c(O)c(Cc2cnn3c(NC4CC4)nc(OCc4ccc(Cl)cc4)nc23)[nH]1. The van der Waals surface area contributed by atoms with E-state index in [0.29, 0.717) is 33.9 Å². The topological polar surface area (TPSA) is 133 Å². The van der Waals surface area contributed by atoms with E-state index in [4.69, 9.17) is 16.3 Å². The summed E-state index contributed by atoms with van der Waals surface area (Å²) in [5.41, 5.74) is 2.05. The van der Waals surface area contributed by atoms with Gasteiger partial charge in [0.15, 0.2) is 5.65 Å². The number of fused-ring (bicyclic) bond motifs is 1. The lowest BCUT2D eigenvalue weighted by Gasteiger charge is -2.10. The van der Waals surface area contributed by atoms with Crippen molar-refractivity contribution in [2.45, 2.75) is 31.9 Å². The van der Waals surface area contributed by atoms with Crippen molar-refractivity contribution in [3.63, 3.8) is 0 Å². The minimum atomic E-state index is -0.475. The fourth-order valence-corrected chi connectivity index (χ4v) is 3.18. The van der Waals surface area contributed by atoms with Crippen molar-refractivity contribution in [1.82, 2.24) is 29.5 Å². The molecule has 5 rings (SSSR count). The van der Waals surface area contributed by atoms with E-state index in [-0.39, 0.29) is 24.9 Å². The molecule has 0 bridgehead atoms. The Morgan fingerprint density at radius 1 is 1.23 bits per heavy atom. The van der Waals surface area contributed by atoms with Gasteiger partial charge in [-0.2, -0.15) is 19.6 Å². The van der Waals surface area contributed by atoms with Crippen LogP contribution in [0.1, 0.15) is 29.7 Å². The van der Waals surface area contributed by atoms with Crippen LogP contribution in [0.5, 0.6) is 11.9 Å². The van der Waals surface area contributed by atoms with Gasteiger partial charge in [-0.05, 0) is 30.5 Å². The Morgan fingerprint density at radius 2 is 2.03 bits per heavy atom. The molecule has 3 heterocycles. The van der Waals surface area contributed by atoms with Crippen LogP contribution in [-0.2, 0) is 13.0 Å². The Bertz CT molecular complexity index is 1260. The lowest BCUT2D eigenvalue weighted by molar-refractivity contribution is 0.281. The van der Waals surface area contributed by atoms with Crippen molar-refractivity contribution in [1.29, 1.82) is 0 Å². The van der Waals surface area contributed by atoms with E-state index in [2.05, 4.69) is 30.4 Å². The van der Waals surface area contributed by atoms with E-state index in [1.54, 1.807) is 22.8 Å². The third-order valence-corrected chi connectivity index (χ3v) is 5.01. The number of nitrogens with one attached hydrogen (secondary N) is 3. The number of aromatic nitrogens is 6. The molecule has 0 amide bonds. The van der Waals surface area contributed by atoms with Crippen LogP contribution in [0, 0.1) is 0 Å². The lowest BCUT2D eigenvalue weighted by atomic mass is 10.2. The second-order valence-electron chi connectivity index (χ2n) is 7.15. The third kappa shape index (κ3) is 3.81. The van der Waals surface area contributed by atoms with Gasteiger partial charge in [0.05, 0.1) is 11.9 Å². The highest BCUT2D eigenvalue weighted by atomic mass is 35.5. The van der Waals surface area contributed by atoms with Crippen LogP contribution in [0.2, 0.25) is 5.02 Å². The summed E-state index contributed by atoms with van der Waals surface area (Å²) in [6.45, 7) is 0.283. The highest BCUT2D eigenvalue weighted by Crippen LogP contribution is 2.26. The number of H-pyrrole nitrogens is 2. The van der Waals surface area contributed by atoms with Gasteiger partial charge in [-0.15, -0.1) is 0 Å². The van der Waals surface area contributed by atoms with Crippen molar-refractivity contribution < 1.29 is 9.84 Å². The summed E-state index contributed by atoms with van der Waals surface area (Å²) in [4.78, 5) is 25.3. The lowest BCUT2D eigenvalue weighted by Crippen LogP contribution is -2.12. The maximum Gasteiger partial charge on any atom is 0.325 e. The van der Waals surface area contributed by atoms with E-state index in [1.807, 2.05) is 12.1 Å². The summed E-state index contributed by atoms with van der Waals surface area (Å²) >= 11 is 5.93. The van der Waals surface area contributed by atoms with Gasteiger partial charge in [0.2, 0.25) is 11.8 Å². The largest absolute Gasteiger partial charge is 0.493 e. The first kappa shape index (κ1) is 18.5. The summed E-state index contributed by atoms with van der Waals surface area (Å²) in [7, 11) is 0. The number of aromatic hydroxyl groups is 1. The predicted octanol–water partition coefficient (Wildman–Crippen LogP) is 2.24. The van der Waals surface area contributed by atoms with Crippen LogP contribution >= 0.6 is 11.6 Å². The van der Waals surface area contributed by atoms with Gasteiger partial charge in [0.1, 0.15) is 6.61 Å². The first-order valence-corrected chi connectivity index (χ1v) is 9.81. The number of ether oxygens (including phenoxy) is 1. The van der Waals surface area contributed by atoms with Crippen LogP contribution in [0.3, 0.4) is 0 Å². The summed E-state index contributed by atoms with van der Waals surface area (Å²) < 4.78 is 7.43. The molecule has 3 aromatic heterocycles. The van der Waals surface area contributed by atoms with E-state index in [1.165, 1.54) is 0 Å². The average Bonchev–Trinajstić information content (AvgIpc) is 3.36. The zero-order valence-electron chi connectivity index (χ0n) is 15.7. The number of aromatic amines is 2. The zero-order valence-corrected chi connectivity index (χ0v) is 16.5. The van der Waals surface area contributed by atoms with Crippen LogP contribution in [0.25, 0.3) is 5.65 Å². The Kier molecular flexibility index (Phi) is 4.55. The normalized spacial score (nSPS) is 13.6. The number of hydrogen-bond donors (Lipinski definition) is 4. The molecular formula is C19H18ClN7O3. The molecule has 0 spiro atoms. The van der Waals surface area contributed by atoms with E-state index in [0.717, 1.165) is 18.4 Å². The highest BCUT2D eigenvalue weighted by molar-refractivity contribution is 6.30. The first-order valence-electron chi connectivity index (χ1n) is 9.44. The molecule has 0 aliphatic heterocycles. The fraction of sp³-hybridized carbons (Fsp3) is 0.263. The van der Waals surface area contributed by atoms with E-state index < -0.39 is 5.69 Å². The van der Waals surface area contributed by atoms with Crippen molar-refractivity contribution in [2.24, 2.45) is 0 Å². The van der Waals surface area contributed by atoms with Crippen LogP contribution in [0.4, 0.5) is 5.95 Å². The molecule has 1 aliphatic rings. The molecule has 30 heavy (non-hydrogen) atoms. The summed E-state index contributed by atoms with van der Waals surface area (Å²) in [6.07, 6.45) is 4.01. The minimum Gasteiger partial charge on any atom is -0.493 e. The monoisotopic (exact) mass is 427 g/mol. The summed E-state index contributed by atoms with van der Waals surface area (Å²) in [5, 5.41) is 18.2. The molecule has 1 saturated carbocycles. The zero-order chi connectivity index (χ0) is 20.7. The number of hydrogen-bond acceptors (Lipinski definition) is 7. The van der Waals surface area contributed by atoms with Crippen molar-refractivity contribution >= 4 is 23.2 Å². The molecular weight excluding hydrogens is 410 g/mol. The van der Waals surface area contributed by atoms with Crippen molar-refractivity contribution in [3.8, 4) is 11.9 Å². The minimum absolute atomic E-state index is 0.203. The van der Waals surface area contributed by atoms with Gasteiger partial charge < -0.3 is 20.1 Å². The van der Waals surface area contributed by atoms with E-state index in [9.17, 15) is 9.90 Å². The maximum atomic E-state index is 11.4. The Hall–Kier alpha value is -3.53. The van der Waals surface area contributed by atoms with Crippen molar-refractivity contribution in [3.05, 3.63) is 62.8 Å². The molecule has 154 valence electrons. The molecule has 4 N–H and O–H groups in total. The number of rotatable bonds is 7. The molecule has 1 fully saturated rings. The second kappa shape index (κ2) is 7.38. The fourth-order valence-electron chi connectivity index (χ4n) is 3.05. The summed E-state index contributed by atoms with van der Waals surface area (Å²) in [5.74, 6) is 0.329. The maximum absolute atomic E-state index is 11.4. The molecule has 0 saturated heterocycles. The van der Waals surface area contributed by atoms with Crippen LogP contribution in [-0.4, -0.2) is 40.7 Å². The first-order chi connectivity index (χ1) is 14.5. The number of imidazole rings is 1. The van der Waals surface area contributed by atoms with Gasteiger partial charge in [0.25, 0.3) is 0 Å². The quantitative estimate of drug-likeness (QED) is 0.355. The molecule has 0 atom stereocenters. The average molecular weight is 428 g/mol. The van der Waals surface area contributed by atoms with E-state index >= 15 is 0 Å². The molecule has 4 aromatic rings. The van der Waals surface area contributed by atoms with Gasteiger partial charge in [-0.25, -0.2) is 4.79 Å². The second-order valence-corrected chi connectivity index (χ2v) is 7.59. The predicted molar refractivity (Wildman–Crippen MR) is 109 cm³/mol. The van der Waals surface area contributed by atoms with Gasteiger partial charge in [-0.1, -0.05) is 23.7 Å². The molecule has 10 nitrogen and oxygen atoms in total. The number of benzene rings is 1. The number of halogens is 1. The van der Waals surface area contributed by atoms with Gasteiger partial charge in [0, 0.05) is 23.0 Å². The molecule has 0 unspecified atom stereocenters. The van der Waals surface area contributed by atoms with Crippen molar-refractivity contribution in [2.75, 3.05) is 5.32 Å². The molecule has 11 heteroatoms. The number of anilines is 1. The smallest absolute Gasteiger partial charge is 0.325 e. The Balaban J connectivity index is 1.47. The third-order valence-electron chi connectivity index (χ3n) is 4.76. The Morgan fingerprint density at radius 3 is 2.73 bits per heavy atom. The van der Waals surface area contributed by atoms with Crippen LogP contribution in [0.15, 0.2) is 35.3 Å².